The molecule has 0 saturated carbocycles. The summed E-state index contributed by atoms with van der Waals surface area (Å²) >= 11 is 0. The van der Waals surface area contributed by atoms with E-state index in [0.717, 1.165) is 17.8 Å². The van der Waals surface area contributed by atoms with E-state index in [1.54, 1.807) is 0 Å². The summed E-state index contributed by atoms with van der Waals surface area (Å²) in [6, 6.07) is 10.9. The van der Waals surface area contributed by atoms with E-state index < -0.39 is 0 Å². The Balaban J connectivity index is 2.44. The van der Waals surface area contributed by atoms with Gasteiger partial charge in [-0.1, -0.05) is 70.9 Å². The van der Waals surface area contributed by atoms with Crippen molar-refractivity contribution in [1.29, 1.82) is 0 Å². The molecule has 0 amide bonds. The summed E-state index contributed by atoms with van der Waals surface area (Å²) in [4.78, 5) is 0. The maximum atomic E-state index is 2.36. The van der Waals surface area contributed by atoms with Gasteiger partial charge in [-0.15, -0.1) is 0 Å². The van der Waals surface area contributed by atoms with Crippen molar-refractivity contribution in [3.63, 3.8) is 0 Å². The van der Waals surface area contributed by atoms with Crippen LogP contribution in [0.3, 0.4) is 0 Å². The van der Waals surface area contributed by atoms with Crippen LogP contribution < -0.4 is 0 Å². The largest absolute Gasteiger partial charge is 0.0628 e. The van der Waals surface area contributed by atoms with Gasteiger partial charge < -0.3 is 0 Å². The third kappa shape index (κ3) is 5.91. The molecule has 0 fully saturated rings. The average molecular weight is 232 g/mol. The Kier molecular flexibility index (Phi) is 6.32. The van der Waals surface area contributed by atoms with Crippen LogP contribution in [0.1, 0.15) is 52.5 Å². The van der Waals surface area contributed by atoms with E-state index >= 15 is 0 Å². The van der Waals surface area contributed by atoms with Crippen LogP contribution in [0.5, 0.6) is 0 Å². The molecule has 0 nitrogen and oxygen atoms in total. The quantitative estimate of drug-likeness (QED) is 0.596. The summed E-state index contributed by atoms with van der Waals surface area (Å²) in [5, 5.41) is 0. The van der Waals surface area contributed by atoms with Crippen molar-refractivity contribution in [2.75, 3.05) is 0 Å². The van der Waals surface area contributed by atoms with E-state index in [1.807, 2.05) is 0 Å². The zero-order chi connectivity index (χ0) is 12.7. The van der Waals surface area contributed by atoms with E-state index in [0.29, 0.717) is 0 Å². The predicted molar refractivity (Wildman–Crippen MR) is 77.2 cm³/mol. The highest BCUT2D eigenvalue weighted by Crippen LogP contribution is 2.24. The van der Waals surface area contributed by atoms with Gasteiger partial charge in [-0.25, -0.2) is 0 Å². The Morgan fingerprint density at radius 2 is 1.53 bits per heavy atom. The smallest absolute Gasteiger partial charge is 0.0248 e. The zero-order valence-corrected chi connectivity index (χ0v) is 11.9. The maximum Gasteiger partial charge on any atom is -0.0248 e. The molecule has 0 aromatic heterocycles. The molecule has 0 spiro atoms. The van der Waals surface area contributed by atoms with Gasteiger partial charge in [-0.2, -0.15) is 0 Å². The van der Waals surface area contributed by atoms with Crippen molar-refractivity contribution in [3.8, 4) is 0 Å². The van der Waals surface area contributed by atoms with E-state index in [-0.39, 0.29) is 0 Å². The molecule has 17 heavy (non-hydrogen) atoms. The normalized spacial score (nSPS) is 13.3. The first-order valence-electron chi connectivity index (χ1n) is 7.13. The van der Waals surface area contributed by atoms with E-state index in [4.69, 9.17) is 0 Å². The van der Waals surface area contributed by atoms with Gasteiger partial charge in [0.15, 0.2) is 0 Å². The number of rotatable bonds is 7. The van der Waals surface area contributed by atoms with Gasteiger partial charge in [0.1, 0.15) is 0 Å². The Morgan fingerprint density at radius 1 is 0.882 bits per heavy atom. The molecular formula is C17H28. The number of hydrogen-bond acceptors (Lipinski definition) is 0. The molecular weight excluding hydrogens is 204 g/mol. The van der Waals surface area contributed by atoms with Crippen molar-refractivity contribution in [1.82, 2.24) is 0 Å². The predicted octanol–water partition coefficient (Wildman–Crippen LogP) is 5.33. The molecule has 1 rings (SSSR count). The number of benzene rings is 1. The van der Waals surface area contributed by atoms with Gasteiger partial charge in [0.2, 0.25) is 0 Å². The standard InChI is InChI=1S/C17H28/c1-14(2)9-8-12-17(15(3)4)13-16-10-6-5-7-11-16/h5-7,10-11,14-15,17H,8-9,12-13H2,1-4H3/t17-/m1/s1. The van der Waals surface area contributed by atoms with Crippen LogP contribution >= 0.6 is 0 Å². The minimum absolute atomic E-state index is 0.794. The van der Waals surface area contributed by atoms with Crippen molar-refractivity contribution in [2.24, 2.45) is 17.8 Å². The van der Waals surface area contributed by atoms with Gasteiger partial charge in [0, 0.05) is 0 Å². The van der Waals surface area contributed by atoms with E-state index in [1.165, 1.54) is 31.2 Å². The van der Waals surface area contributed by atoms with E-state index in [2.05, 4.69) is 58.0 Å². The second kappa shape index (κ2) is 7.53. The van der Waals surface area contributed by atoms with Crippen molar-refractivity contribution in [3.05, 3.63) is 35.9 Å². The van der Waals surface area contributed by atoms with E-state index in [9.17, 15) is 0 Å². The topological polar surface area (TPSA) is 0 Å². The summed E-state index contributed by atoms with van der Waals surface area (Å²) in [5.41, 5.74) is 1.50. The van der Waals surface area contributed by atoms with Crippen LogP contribution in [0.4, 0.5) is 0 Å². The lowest BCUT2D eigenvalue weighted by Crippen LogP contribution is -2.12. The summed E-state index contributed by atoms with van der Waals surface area (Å²) < 4.78 is 0. The minimum Gasteiger partial charge on any atom is -0.0628 e. The van der Waals surface area contributed by atoms with Gasteiger partial charge >= 0.3 is 0 Å². The molecule has 0 unspecified atom stereocenters. The molecule has 0 aliphatic carbocycles. The second-order valence-corrected chi connectivity index (χ2v) is 6.02. The third-order valence-electron chi connectivity index (χ3n) is 3.64. The highest BCUT2D eigenvalue weighted by Gasteiger charge is 2.13. The first-order chi connectivity index (χ1) is 8.09. The zero-order valence-electron chi connectivity index (χ0n) is 11.9. The van der Waals surface area contributed by atoms with Crippen LogP contribution in [0, 0.1) is 17.8 Å². The molecule has 0 heterocycles. The molecule has 1 atom stereocenters. The molecule has 1 aromatic carbocycles. The summed E-state index contributed by atoms with van der Waals surface area (Å²) in [6.07, 6.45) is 5.38. The lowest BCUT2D eigenvalue weighted by atomic mass is 9.84. The fourth-order valence-electron chi connectivity index (χ4n) is 2.38. The van der Waals surface area contributed by atoms with Crippen LogP contribution in [0.15, 0.2) is 30.3 Å². The molecule has 0 aliphatic rings. The van der Waals surface area contributed by atoms with Gasteiger partial charge in [-0.05, 0) is 36.2 Å². The Morgan fingerprint density at radius 3 is 2.06 bits per heavy atom. The monoisotopic (exact) mass is 232 g/mol. The highest BCUT2D eigenvalue weighted by molar-refractivity contribution is 5.15. The molecule has 0 aliphatic heterocycles. The lowest BCUT2D eigenvalue weighted by molar-refractivity contribution is 0.336. The first-order valence-corrected chi connectivity index (χ1v) is 7.13. The van der Waals surface area contributed by atoms with Crippen molar-refractivity contribution in [2.45, 2.75) is 53.4 Å². The van der Waals surface area contributed by atoms with Gasteiger partial charge in [0.05, 0.1) is 0 Å². The van der Waals surface area contributed by atoms with Crippen molar-refractivity contribution >= 4 is 0 Å². The van der Waals surface area contributed by atoms with Crippen LogP contribution in [0.25, 0.3) is 0 Å². The number of hydrogen-bond donors (Lipinski definition) is 0. The molecule has 0 saturated heterocycles. The molecule has 0 radical (unpaired) electrons. The Labute approximate surface area is 107 Å². The molecule has 96 valence electrons. The van der Waals surface area contributed by atoms with Gasteiger partial charge in [0.25, 0.3) is 0 Å². The average Bonchev–Trinajstić information content (AvgIpc) is 2.28. The minimum atomic E-state index is 0.794. The van der Waals surface area contributed by atoms with Crippen LogP contribution in [0.2, 0.25) is 0 Å². The molecule has 0 bridgehead atoms. The SMILES string of the molecule is CC(C)CCC[C@H](Cc1ccccc1)C(C)C. The van der Waals surface area contributed by atoms with Crippen LogP contribution in [-0.4, -0.2) is 0 Å². The van der Waals surface area contributed by atoms with Crippen LogP contribution in [-0.2, 0) is 6.42 Å². The maximum absolute atomic E-state index is 2.36. The molecule has 1 aromatic rings. The molecule has 0 heteroatoms. The highest BCUT2D eigenvalue weighted by atomic mass is 14.2. The Bertz CT molecular complexity index is 284. The fourth-order valence-corrected chi connectivity index (χ4v) is 2.38. The van der Waals surface area contributed by atoms with Gasteiger partial charge in [-0.3, -0.25) is 0 Å². The molecule has 0 N–H and O–H groups in total. The summed E-state index contributed by atoms with van der Waals surface area (Å²) in [7, 11) is 0. The third-order valence-corrected chi connectivity index (χ3v) is 3.64. The Hall–Kier alpha value is -0.780. The lowest BCUT2D eigenvalue weighted by Gasteiger charge is -2.21. The second-order valence-electron chi connectivity index (χ2n) is 6.02. The summed E-state index contributed by atoms with van der Waals surface area (Å²) in [5.74, 6) is 2.48. The fraction of sp³-hybridized carbons (Fsp3) is 0.647. The summed E-state index contributed by atoms with van der Waals surface area (Å²) in [6.45, 7) is 9.37. The first kappa shape index (κ1) is 14.3. The van der Waals surface area contributed by atoms with Crippen molar-refractivity contribution < 1.29 is 0 Å².